The van der Waals surface area contributed by atoms with Crippen molar-refractivity contribution in [1.29, 1.82) is 0 Å². The highest BCUT2D eigenvalue weighted by Gasteiger charge is 2.17. The summed E-state index contributed by atoms with van der Waals surface area (Å²) in [5.41, 5.74) is 5.28. The Labute approximate surface area is 92.1 Å². The van der Waals surface area contributed by atoms with Crippen LogP contribution >= 0.6 is 0 Å². The second kappa shape index (κ2) is 4.26. The maximum Gasteiger partial charge on any atom is 0.122 e. The minimum Gasteiger partial charge on any atom is -0.507 e. The first kappa shape index (κ1) is 10.5. The van der Waals surface area contributed by atoms with Crippen molar-refractivity contribution in [2.45, 2.75) is 52.4 Å². The lowest BCUT2D eigenvalue weighted by molar-refractivity contribution is 0.459. The predicted molar refractivity (Wildman–Crippen MR) is 63.5 cm³/mol. The van der Waals surface area contributed by atoms with Crippen LogP contribution in [-0.2, 0) is 25.7 Å². The molecular weight excluding hydrogens is 184 g/mol. The lowest BCUT2D eigenvalue weighted by Gasteiger charge is -2.22. The molecule has 0 bridgehead atoms. The van der Waals surface area contributed by atoms with Crippen molar-refractivity contribution in [1.82, 2.24) is 0 Å². The summed E-state index contributed by atoms with van der Waals surface area (Å²) in [6, 6.07) is 2.23. The van der Waals surface area contributed by atoms with Crippen LogP contribution in [0.5, 0.6) is 5.75 Å². The molecule has 1 N–H and O–H groups in total. The molecule has 15 heavy (non-hydrogen) atoms. The van der Waals surface area contributed by atoms with Gasteiger partial charge in [-0.2, -0.15) is 0 Å². The molecular formula is C14H20O. The fraction of sp³-hybridized carbons (Fsp3) is 0.571. The Morgan fingerprint density at radius 2 is 1.87 bits per heavy atom. The molecule has 1 aliphatic rings. The van der Waals surface area contributed by atoms with Gasteiger partial charge in [-0.3, -0.25) is 0 Å². The molecule has 0 atom stereocenters. The van der Waals surface area contributed by atoms with Gasteiger partial charge in [0.2, 0.25) is 0 Å². The summed E-state index contributed by atoms with van der Waals surface area (Å²) in [6.45, 7) is 4.26. The van der Waals surface area contributed by atoms with Crippen molar-refractivity contribution in [3.8, 4) is 5.75 Å². The normalized spacial score (nSPS) is 15.1. The fourth-order valence-corrected chi connectivity index (χ4v) is 2.70. The minimum atomic E-state index is 0.570. The van der Waals surface area contributed by atoms with E-state index in [0.717, 1.165) is 24.8 Å². The standard InChI is InChI=1S/C14H20O/c1-3-10-9-11-7-5-6-8-13(11)12(4-2)14(10)15/h9,15H,3-8H2,1-2H3. The summed E-state index contributed by atoms with van der Waals surface area (Å²) in [4.78, 5) is 0. The maximum atomic E-state index is 10.1. The summed E-state index contributed by atoms with van der Waals surface area (Å²) in [5.74, 6) is 0.570. The highest BCUT2D eigenvalue weighted by atomic mass is 16.3. The van der Waals surface area contributed by atoms with Gasteiger partial charge in [0.05, 0.1) is 0 Å². The number of hydrogen-bond acceptors (Lipinski definition) is 1. The molecule has 0 saturated heterocycles. The Balaban J connectivity index is 2.58. The Morgan fingerprint density at radius 3 is 2.53 bits per heavy atom. The number of rotatable bonds is 2. The first-order valence-electron chi connectivity index (χ1n) is 6.13. The molecule has 0 saturated carbocycles. The van der Waals surface area contributed by atoms with Crippen LogP contribution in [0, 0.1) is 0 Å². The number of aromatic hydroxyl groups is 1. The molecule has 2 rings (SSSR count). The van der Waals surface area contributed by atoms with Crippen LogP contribution in [0.15, 0.2) is 6.07 Å². The van der Waals surface area contributed by atoms with Gasteiger partial charge in [-0.15, -0.1) is 0 Å². The highest BCUT2D eigenvalue weighted by molar-refractivity contribution is 5.50. The second-order valence-corrected chi connectivity index (χ2v) is 4.41. The van der Waals surface area contributed by atoms with Crippen LogP contribution in [0.2, 0.25) is 0 Å². The molecule has 0 radical (unpaired) electrons. The van der Waals surface area contributed by atoms with E-state index in [9.17, 15) is 5.11 Å². The molecule has 1 nitrogen and oxygen atoms in total. The molecule has 1 heteroatoms. The molecule has 0 amide bonds. The zero-order chi connectivity index (χ0) is 10.8. The van der Waals surface area contributed by atoms with E-state index in [4.69, 9.17) is 0 Å². The van der Waals surface area contributed by atoms with Gasteiger partial charge in [-0.25, -0.2) is 0 Å². The first-order chi connectivity index (χ1) is 7.27. The summed E-state index contributed by atoms with van der Waals surface area (Å²) in [6.07, 6.45) is 6.86. The monoisotopic (exact) mass is 204 g/mol. The molecule has 0 heterocycles. The van der Waals surface area contributed by atoms with Crippen molar-refractivity contribution >= 4 is 0 Å². The number of benzene rings is 1. The van der Waals surface area contributed by atoms with E-state index in [1.165, 1.54) is 36.0 Å². The molecule has 0 spiro atoms. The van der Waals surface area contributed by atoms with E-state index < -0.39 is 0 Å². The molecule has 1 aromatic rings. The van der Waals surface area contributed by atoms with Crippen molar-refractivity contribution in [3.63, 3.8) is 0 Å². The van der Waals surface area contributed by atoms with E-state index in [-0.39, 0.29) is 0 Å². The summed E-state index contributed by atoms with van der Waals surface area (Å²) in [7, 11) is 0. The van der Waals surface area contributed by atoms with Crippen LogP contribution < -0.4 is 0 Å². The van der Waals surface area contributed by atoms with Gasteiger partial charge in [0.1, 0.15) is 5.75 Å². The van der Waals surface area contributed by atoms with Crippen LogP contribution in [0.1, 0.15) is 48.9 Å². The molecule has 0 unspecified atom stereocenters. The summed E-state index contributed by atoms with van der Waals surface area (Å²) in [5, 5.41) is 10.1. The van der Waals surface area contributed by atoms with Crippen LogP contribution in [-0.4, -0.2) is 5.11 Å². The number of aryl methyl sites for hydroxylation is 2. The van der Waals surface area contributed by atoms with E-state index >= 15 is 0 Å². The van der Waals surface area contributed by atoms with Crippen molar-refractivity contribution in [2.75, 3.05) is 0 Å². The molecule has 1 aromatic carbocycles. The zero-order valence-corrected chi connectivity index (χ0v) is 9.77. The van der Waals surface area contributed by atoms with E-state index in [1.807, 2.05) is 0 Å². The number of hydrogen-bond donors (Lipinski definition) is 1. The van der Waals surface area contributed by atoms with Gasteiger partial charge in [0.25, 0.3) is 0 Å². The van der Waals surface area contributed by atoms with Crippen molar-refractivity contribution in [2.24, 2.45) is 0 Å². The first-order valence-corrected chi connectivity index (χ1v) is 6.13. The van der Waals surface area contributed by atoms with Crippen molar-refractivity contribution in [3.05, 3.63) is 28.3 Å². The highest BCUT2D eigenvalue weighted by Crippen LogP contribution is 2.34. The Kier molecular flexibility index (Phi) is 2.99. The fourth-order valence-electron chi connectivity index (χ4n) is 2.70. The van der Waals surface area contributed by atoms with Crippen LogP contribution in [0.4, 0.5) is 0 Å². The Hall–Kier alpha value is -0.980. The van der Waals surface area contributed by atoms with E-state index in [0.29, 0.717) is 5.75 Å². The number of fused-ring (bicyclic) bond motifs is 1. The van der Waals surface area contributed by atoms with Gasteiger partial charge < -0.3 is 5.11 Å². The lowest BCUT2D eigenvalue weighted by atomic mass is 9.85. The third kappa shape index (κ3) is 1.75. The molecule has 0 fully saturated rings. The van der Waals surface area contributed by atoms with Gasteiger partial charge in [-0.05, 0) is 60.8 Å². The largest absolute Gasteiger partial charge is 0.507 e. The Bertz CT molecular complexity index is 366. The molecule has 0 aromatic heterocycles. The van der Waals surface area contributed by atoms with Crippen LogP contribution in [0.25, 0.3) is 0 Å². The van der Waals surface area contributed by atoms with Gasteiger partial charge >= 0.3 is 0 Å². The predicted octanol–water partition coefficient (Wildman–Crippen LogP) is 3.40. The molecule has 82 valence electrons. The third-order valence-electron chi connectivity index (χ3n) is 3.55. The van der Waals surface area contributed by atoms with E-state index in [2.05, 4.69) is 19.9 Å². The third-order valence-corrected chi connectivity index (χ3v) is 3.55. The number of phenols is 1. The minimum absolute atomic E-state index is 0.570. The zero-order valence-electron chi connectivity index (χ0n) is 9.77. The smallest absolute Gasteiger partial charge is 0.122 e. The van der Waals surface area contributed by atoms with Gasteiger partial charge in [0.15, 0.2) is 0 Å². The SMILES string of the molecule is CCc1cc2c(c(CC)c1O)CCCC2. The van der Waals surface area contributed by atoms with Crippen molar-refractivity contribution < 1.29 is 5.11 Å². The lowest BCUT2D eigenvalue weighted by Crippen LogP contribution is -2.08. The molecule has 0 aliphatic heterocycles. The van der Waals surface area contributed by atoms with Gasteiger partial charge in [-0.1, -0.05) is 19.9 Å². The van der Waals surface area contributed by atoms with E-state index in [1.54, 1.807) is 0 Å². The topological polar surface area (TPSA) is 20.2 Å². The Morgan fingerprint density at radius 1 is 1.13 bits per heavy atom. The summed E-state index contributed by atoms with van der Waals surface area (Å²) < 4.78 is 0. The number of phenolic OH excluding ortho intramolecular Hbond substituents is 1. The second-order valence-electron chi connectivity index (χ2n) is 4.41. The summed E-state index contributed by atoms with van der Waals surface area (Å²) >= 11 is 0. The maximum absolute atomic E-state index is 10.1. The van der Waals surface area contributed by atoms with Crippen LogP contribution in [0.3, 0.4) is 0 Å². The van der Waals surface area contributed by atoms with Gasteiger partial charge in [0, 0.05) is 0 Å². The quantitative estimate of drug-likeness (QED) is 0.783. The molecule has 1 aliphatic carbocycles. The average Bonchev–Trinajstić information content (AvgIpc) is 2.28. The average molecular weight is 204 g/mol.